The van der Waals surface area contributed by atoms with E-state index in [-0.39, 0.29) is 0 Å². The van der Waals surface area contributed by atoms with Crippen molar-refractivity contribution in [1.82, 2.24) is 14.5 Å². The molecule has 3 heterocycles. The lowest BCUT2D eigenvalue weighted by Crippen LogP contribution is -2.20. The molecule has 4 heteroatoms. The number of para-hydroxylation sites is 1. The molecule has 0 radical (unpaired) electrons. The van der Waals surface area contributed by atoms with E-state index in [4.69, 9.17) is 4.98 Å². The van der Waals surface area contributed by atoms with Gasteiger partial charge in [-0.25, -0.2) is 9.97 Å². The largest absolute Gasteiger partial charge is 0.385 e. The molecule has 0 bridgehead atoms. The van der Waals surface area contributed by atoms with Crippen molar-refractivity contribution in [2.24, 2.45) is 0 Å². The van der Waals surface area contributed by atoms with E-state index in [0.717, 1.165) is 36.5 Å². The Hall–Kier alpha value is -2.36. The summed E-state index contributed by atoms with van der Waals surface area (Å²) >= 11 is 0. The van der Waals surface area contributed by atoms with Crippen LogP contribution in [0, 0.1) is 0 Å². The minimum Gasteiger partial charge on any atom is -0.385 e. The number of pyridine rings is 1. The first-order valence-electron chi connectivity index (χ1n) is 7.52. The maximum Gasteiger partial charge on any atom is 0.159 e. The highest BCUT2D eigenvalue weighted by Gasteiger charge is 2.26. The van der Waals surface area contributed by atoms with Crippen LogP contribution in [-0.4, -0.2) is 21.1 Å². The smallest absolute Gasteiger partial charge is 0.159 e. The molecule has 1 unspecified atom stereocenters. The highest BCUT2D eigenvalue weighted by molar-refractivity contribution is 5.72. The van der Waals surface area contributed by atoms with Gasteiger partial charge in [-0.2, -0.15) is 0 Å². The van der Waals surface area contributed by atoms with Crippen LogP contribution in [0.5, 0.6) is 0 Å². The van der Waals surface area contributed by atoms with Gasteiger partial charge in [0.15, 0.2) is 5.65 Å². The molecule has 0 aliphatic carbocycles. The van der Waals surface area contributed by atoms with Gasteiger partial charge in [0.2, 0.25) is 0 Å². The summed E-state index contributed by atoms with van der Waals surface area (Å²) in [5.74, 6) is 1.48. The van der Waals surface area contributed by atoms with Crippen molar-refractivity contribution in [3.63, 3.8) is 0 Å². The summed E-state index contributed by atoms with van der Waals surface area (Å²) < 4.78 is 2.25. The van der Waals surface area contributed by atoms with Crippen LogP contribution in [0.15, 0.2) is 42.6 Å². The van der Waals surface area contributed by atoms with Crippen molar-refractivity contribution in [3.05, 3.63) is 54.0 Å². The van der Waals surface area contributed by atoms with Gasteiger partial charge in [0.05, 0.1) is 0 Å². The quantitative estimate of drug-likeness (QED) is 0.781. The fraction of sp³-hybridized carbons (Fsp3) is 0.294. The zero-order valence-corrected chi connectivity index (χ0v) is 12.1. The lowest BCUT2D eigenvalue weighted by Gasteiger charge is -2.26. The standard InChI is InChI=1S/C17H18N4/c1-2-21-16(20-15-8-5-10-19-17(15)21)13-9-11-18-14-7-4-3-6-12(13)14/h3-8,10,13,18H,2,9,11H2,1H3. The Morgan fingerprint density at radius 2 is 2.14 bits per heavy atom. The number of hydrogen-bond donors (Lipinski definition) is 1. The van der Waals surface area contributed by atoms with E-state index in [0.29, 0.717) is 5.92 Å². The molecule has 4 nitrogen and oxygen atoms in total. The third-order valence-electron chi connectivity index (χ3n) is 4.25. The predicted molar refractivity (Wildman–Crippen MR) is 84.6 cm³/mol. The monoisotopic (exact) mass is 278 g/mol. The van der Waals surface area contributed by atoms with Gasteiger partial charge < -0.3 is 9.88 Å². The van der Waals surface area contributed by atoms with E-state index in [1.165, 1.54) is 11.3 Å². The van der Waals surface area contributed by atoms with Crippen LogP contribution in [0.3, 0.4) is 0 Å². The summed E-state index contributed by atoms with van der Waals surface area (Å²) in [6, 6.07) is 12.5. The number of fused-ring (bicyclic) bond motifs is 2. The van der Waals surface area contributed by atoms with Crippen molar-refractivity contribution in [2.45, 2.75) is 25.8 Å². The summed E-state index contributed by atoms with van der Waals surface area (Å²) in [6.45, 7) is 4.04. The highest BCUT2D eigenvalue weighted by atomic mass is 15.1. The van der Waals surface area contributed by atoms with Crippen LogP contribution < -0.4 is 5.32 Å². The van der Waals surface area contributed by atoms with Crippen LogP contribution in [0.1, 0.15) is 30.7 Å². The molecule has 0 saturated heterocycles. The molecule has 1 N–H and O–H groups in total. The first-order chi connectivity index (χ1) is 10.4. The molecular weight excluding hydrogens is 260 g/mol. The second-order valence-electron chi connectivity index (χ2n) is 5.42. The molecule has 1 atom stereocenters. The average molecular weight is 278 g/mol. The number of nitrogens with one attached hydrogen (secondary N) is 1. The highest BCUT2D eigenvalue weighted by Crippen LogP contribution is 2.36. The van der Waals surface area contributed by atoms with Crippen molar-refractivity contribution >= 4 is 16.9 Å². The molecule has 4 rings (SSSR count). The van der Waals surface area contributed by atoms with Crippen LogP contribution in [0.4, 0.5) is 5.69 Å². The average Bonchev–Trinajstić information content (AvgIpc) is 2.92. The van der Waals surface area contributed by atoms with E-state index < -0.39 is 0 Å². The number of hydrogen-bond acceptors (Lipinski definition) is 3. The predicted octanol–water partition coefficient (Wildman–Crippen LogP) is 3.40. The van der Waals surface area contributed by atoms with E-state index in [1.54, 1.807) is 0 Å². The normalized spacial score (nSPS) is 17.5. The number of aryl methyl sites for hydroxylation is 1. The number of anilines is 1. The summed E-state index contributed by atoms with van der Waals surface area (Å²) in [6.07, 6.45) is 2.91. The molecule has 0 spiro atoms. The summed E-state index contributed by atoms with van der Waals surface area (Å²) in [7, 11) is 0. The Morgan fingerprint density at radius 3 is 3.05 bits per heavy atom. The summed E-state index contributed by atoms with van der Waals surface area (Å²) in [4.78, 5) is 9.39. The van der Waals surface area contributed by atoms with Crippen molar-refractivity contribution in [1.29, 1.82) is 0 Å². The van der Waals surface area contributed by atoms with E-state index >= 15 is 0 Å². The Morgan fingerprint density at radius 1 is 1.24 bits per heavy atom. The van der Waals surface area contributed by atoms with E-state index in [2.05, 4.69) is 46.1 Å². The Labute approximate surface area is 123 Å². The number of nitrogens with zero attached hydrogens (tertiary/aromatic N) is 3. The van der Waals surface area contributed by atoms with Gasteiger partial charge in [-0.1, -0.05) is 18.2 Å². The maximum atomic E-state index is 4.88. The van der Waals surface area contributed by atoms with E-state index in [1.807, 2.05) is 18.3 Å². The summed E-state index contributed by atoms with van der Waals surface area (Å²) in [5.41, 5.74) is 4.56. The van der Waals surface area contributed by atoms with Crippen LogP contribution >= 0.6 is 0 Å². The lowest BCUT2D eigenvalue weighted by atomic mass is 9.90. The molecule has 106 valence electrons. The van der Waals surface area contributed by atoms with Crippen LogP contribution in [0.2, 0.25) is 0 Å². The number of rotatable bonds is 2. The van der Waals surface area contributed by atoms with Crippen molar-refractivity contribution in [2.75, 3.05) is 11.9 Å². The molecule has 0 fully saturated rings. The van der Waals surface area contributed by atoms with Crippen molar-refractivity contribution in [3.8, 4) is 0 Å². The molecule has 1 aliphatic heterocycles. The second-order valence-corrected chi connectivity index (χ2v) is 5.42. The fourth-order valence-electron chi connectivity index (χ4n) is 3.29. The van der Waals surface area contributed by atoms with Gasteiger partial charge >= 0.3 is 0 Å². The summed E-state index contributed by atoms with van der Waals surface area (Å²) in [5, 5.41) is 3.48. The van der Waals surface area contributed by atoms with Gasteiger partial charge in [0, 0.05) is 30.9 Å². The van der Waals surface area contributed by atoms with Gasteiger partial charge in [-0.3, -0.25) is 0 Å². The number of benzene rings is 1. The second kappa shape index (κ2) is 4.88. The zero-order chi connectivity index (χ0) is 14.2. The minimum absolute atomic E-state index is 0.344. The van der Waals surface area contributed by atoms with Gasteiger partial charge in [-0.05, 0) is 37.1 Å². The molecule has 0 amide bonds. The Kier molecular flexibility index (Phi) is 2.88. The Bertz CT molecular complexity index is 790. The minimum atomic E-state index is 0.344. The molecule has 3 aromatic rings. The molecule has 0 saturated carbocycles. The fourth-order valence-corrected chi connectivity index (χ4v) is 3.29. The first kappa shape index (κ1) is 12.4. The zero-order valence-electron chi connectivity index (χ0n) is 12.1. The molecule has 2 aromatic heterocycles. The van der Waals surface area contributed by atoms with Gasteiger partial charge in [0.1, 0.15) is 11.3 Å². The lowest BCUT2D eigenvalue weighted by molar-refractivity contribution is 0.618. The third kappa shape index (κ3) is 1.90. The number of imidazole rings is 1. The molecular formula is C17H18N4. The molecule has 1 aliphatic rings. The van der Waals surface area contributed by atoms with Crippen molar-refractivity contribution < 1.29 is 0 Å². The van der Waals surface area contributed by atoms with Crippen LogP contribution in [0.25, 0.3) is 11.2 Å². The third-order valence-corrected chi connectivity index (χ3v) is 4.25. The molecule has 1 aromatic carbocycles. The number of aromatic nitrogens is 3. The van der Waals surface area contributed by atoms with Gasteiger partial charge in [0.25, 0.3) is 0 Å². The van der Waals surface area contributed by atoms with Gasteiger partial charge in [-0.15, -0.1) is 0 Å². The first-order valence-corrected chi connectivity index (χ1v) is 7.52. The van der Waals surface area contributed by atoms with Crippen LogP contribution in [-0.2, 0) is 6.54 Å². The maximum absolute atomic E-state index is 4.88. The molecule has 21 heavy (non-hydrogen) atoms. The Balaban J connectivity index is 1.91. The SMILES string of the molecule is CCn1c(C2CCNc3ccccc32)nc2cccnc21. The topological polar surface area (TPSA) is 42.7 Å². The van der Waals surface area contributed by atoms with E-state index in [9.17, 15) is 0 Å².